The molecule has 170 valence electrons. The van der Waals surface area contributed by atoms with Gasteiger partial charge in [0.1, 0.15) is 6.61 Å². The number of nitrogens with zero attached hydrogens (tertiary/aromatic N) is 1. The third kappa shape index (κ3) is 4.93. The molecule has 2 fully saturated rings. The molecule has 0 unspecified atom stereocenters. The number of rotatable bonds is 6. The molecule has 0 saturated carbocycles. The van der Waals surface area contributed by atoms with Gasteiger partial charge in [0.05, 0.1) is 13.2 Å². The number of halogens is 2. The van der Waals surface area contributed by atoms with Crippen molar-refractivity contribution >= 4 is 30.7 Å². The molecule has 0 bridgehead atoms. The number of carbonyl (C=O) groups is 1. The molecule has 4 rings (SSSR count). The lowest BCUT2D eigenvalue weighted by atomic mass is 9.87. The summed E-state index contributed by atoms with van der Waals surface area (Å²) in [5.74, 6) is 2.11. The highest BCUT2D eigenvalue weighted by Crippen LogP contribution is 2.44. The summed E-state index contributed by atoms with van der Waals surface area (Å²) >= 11 is 0. The lowest BCUT2D eigenvalue weighted by Crippen LogP contribution is -2.35. The highest BCUT2D eigenvalue weighted by atomic mass is 35.5. The van der Waals surface area contributed by atoms with Crippen molar-refractivity contribution < 1.29 is 14.3 Å². The number of ether oxygens (including phenoxy) is 2. The highest BCUT2D eigenvalue weighted by Gasteiger charge is 2.47. The third-order valence-electron chi connectivity index (χ3n) is 6.12. The molecule has 0 aliphatic carbocycles. The van der Waals surface area contributed by atoms with Crippen LogP contribution in [0.25, 0.3) is 0 Å². The van der Waals surface area contributed by atoms with Crippen molar-refractivity contribution in [1.82, 2.24) is 10.2 Å². The molecule has 2 saturated heterocycles. The zero-order valence-corrected chi connectivity index (χ0v) is 19.5. The van der Waals surface area contributed by atoms with Gasteiger partial charge >= 0.3 is 0 Å². The fourth-order valence-corrected chi connectivity index (χ4v) is 4.70. The SMILES string of the molecule is COc1ccc(C(=O)N2C[C@@H]3CNC[C@@H]3[C@H]2c2ccccc2C)cc1OCCN.Cl.Cl. The molecule has 6 nitrogen and oxygen atoms in total. The van der Waals surface area contributed by atoms with Crippen LogP contribution in [0.15, 0.2) is 42.5 Å². The minimum absolute atomic E-state index is 0. The Morgan fingerprint density at radius 2 is 1.94 bits per heavy atom. The number of amides is 1. The maximum atomic E-state index is 13.6. The van der Waals surface area contributed by atoms with E-state index in [9.17, 15) is 4.79 Å². The molecule has 2 aliphatic heterocycles. The van der Waals surface area contributed by atoms with Gasteiger partial charge in [-0.15, -0.1) is 24.8 Å². The zero-order valence-electron chi connectivity index (χ0n) is 17.9. The summed E-state index contributed by atoms with van der Waals surface area (Å²) in [6.45, 7) is 5.57. The number of aryl methyl sites for hydroxylation is 1. The predicted molar refractivity (Wildman–Crippen MR) is 127 cm³/mol. The van der Waals surface area contributed by atoms with E-state index >= 15 is 0 Å². The Morgan fingerprint density at radius 3 is 2.65 bits per heavy atom. The Hall–Kier alpha value is -1.99. The average Bonchev–Trinajstić information content (AvgIpc) is 3.33. The largest absolute Gasteiger partial charge is 0.493 e. The number of likely N-dealkylation sites (tertiary alicyclic amines) is 1. The molecule has 0 spiro atoms. The van der Waals surface area contributed by atoms with E-state index in [1.165, 1.54) is 11.1 Å². The molecule has 2 aromatic rings. The van der Waals surface area contributed by atoms with Crippen molar-refractivity contribution in [2.24, 2.45) is 17.6 Å². The molecular weight excluding hydrogens is 437 g/mol. The van der Waals surface area contributed by atoms with Crippen LogP contribution in [0.4, 0.5) is 0 Å². The number of benzene rings is 2. The van der Waals surface area contributed by atoms with E-state index in [1.807, 2.05) is 11.0 Å². The molecule has 8 heteroatoms. The standard InChI is InChI=1S/C23H29N3O3.2ClH/c1-15-5-3-4-6-18(15)22-19-13-25-12-17(19)14-26(22)23(27)16-7-8-20(28-2)21(11-16)29-10-9-24;;/h3-8,11,17,19,22,25H,9-10,12-14,24H2,1-2H3;2*1H/t17-,19-,22+;;/m0../s1. The molecule has 3 N–H and O–H groups in total. The van der Waals surface area contributed by atoms with Gasteiger partial charge < -0.3 is 25.4 Å². The second kappa shape index (κ2) is 11.0. The van der Waals surface area contributed by atoms with E-state index in [2.05, 4.69) is 36.5 Å². The van der Waals surface area contributed by atoms with Crippen molar-refractivity contribution in [3.63, 3.8) is 0 Å². The molecule has 31 heavy (non-hydrogen) atoms. The van der Waals surface area contributed by atoms with Crippen LogP contribution < -0.4 is 20.5 Å². The summed E-state index contributed by atoms with van der Waals surface area (Å²) < 4.78 is 11.1. The number of nitrogens with two attached hydrogens (primary N) is 1. The quantitative estimate of drug-likeness (QED) is 0.681. The third-order valence-corrected chi connectivity index (χ3v) is 6.12. The topological polar surface area (TPSA) is 76.8 Å². The van der Waals surface area contributed by atoms with Gasteiger partial charge in [-0.25, -0.2) is 0 Å². The van der Waals surface area contributed by atoms with Crippen molar-refractivity contribution in [2.45, 2.75) is 13.0 Å². The monoisotopic (exact) mass is 467 g/mol. The number of nitrogens with one attached hydrogen (secondary N) is 1. The van der Waals surface area contributed by atoms with E-state index in [-0.39, 0.29) is 36.8 Å². The van der Waals surface area contributed by atoms with E-state index in [0.717, 1.165) is 19.6 Å². The van der Waals surface area contributed by atoms with Crippen LogP contribution in [0.2, 0.25) is 0 Å². The lowest BCUT2D eigenvalue weighted by Gasteiger charge is -2.30. The first-order valence-corrected chi connectivity index (χ1v) is 10.2. The van der Waals surface area contributed by atoms with Crippen LogP contribution in [-0.2, 0) is 0 Å². The van der Waals surface area contributed by atoms with Gasteiger partial charge in [-0.3, -0.25) is 4.79 Å². The van der Waals surface area contributed by atoms with Gasteiger partial charge in [-0.1, -0.05) is 24.3 Å². The first-order chi connectivity index (χ1) is 14.1. The summed E-state index contributed by atoms with van der Waals surface area (Å²) in [6, 6.07) is 13.9. The predicted octanol–water partition coefficient (Wildman–Crippen LogP) is 3.22. The molecule has 0 aromatic heterocycles. The normalized spacial score (nSPS) is 21.6. The zero-order chi connectivity index (χ0) is 20.4. The van der Waals surface area contributed by atoms with Gasteiger partial charge in [-0.05, 0) is 42.2 Å². The van der Waals surface area contributed by atoms with Crippen LogP contribution in [0.3, 0.4) is 0 Å². The maximum absolute atomic E-state index is 13.6. The average molecular weight is 468 g/mol. The summed E-state index contributed by atoms with van der Waals surface area (Å²) in [7, 11) is 1.59. The Morgan fingerprint density at radius 1 is 1.16 bits per heavy atom. The molecule has 1 amide bonds. The minimum atomic E-state index is 0. The van der Waals surface area contributed by atoms with Crippen molar-refractivity contribution in [3.8, 4) is 11.5 Å². The van der Waals surface area contributed by atoms with Gasteiger partial charge in [0.2, 0.25) is 0 Å². The van der Waals surface area contributed by atoms with Crippen LogP contribution in [0, 0.1) is 18.8 Å². The molecule has 2 aromatic carbocycles. The second-order valence-electron chi connectivity index (χ2n) is 7.84. The van der Waals surface area contributed by atoms with Gasteiger partial charge in [-0.2, -0.15) is 0 Å². The summed E-state index contributed by atoms with van der Waals surface area (Å²) in [6.07, 6.45) is 0. The van der Waals surface area contributed by atoms with Crippen molar-refractivity contribution in [1.29, 1.82) is 0 Å². The fourth-order valence-electron chi connectivity index (χ4n) is 4.70. The number of fused-ring (bicyclic) bond motifs is 1. The van der Waals surface area contributed by atoms with E-state index < -0.39 is 0 Å². The lowest BCUT2D eigenvalue weighted by molar-refractivity contribution is 0.0713. The van der Waals surface area contributed by atoms with Crippen LogP contribution >= 0.6 is 24.8 Å². The number of hydrogen-bond acceptors (Lipinski definition) is 5. The van der Waals surface area contributed by atoms with E-state index in [1.54, 1.807) is 19.2 Å². The Bertz CT molecular complexity index is 896. The van der Waals surface area contributed by atoms with Crippen molar-refractivity contribution in [2.75, 3.05) is 39.9 Å². The Labute approximate surface area is 196 Å². The summed E-state index contributed by atoms with van der Waals surface area (Å²) in [4.78, 5) is 15.6. The number of methoxy groups -OCH3 is 1. The van der Waals surface area contributed by atoms with Gasteiger partial charge in [0, 0.05) is 37.7 Å². The number of hydrogen-bond donors (Lipinski definition) is 2. The number of carbonyl (C=O) groups excluding carboxylic acids is 1. The van der Waals surface area contributed by atoms with Gasteiger partial charge in [0.15, 0.2) is 11.5 Å². The molecule has 3 atom stereocenters. The van der Waals surface area contributed by atoms with E-state index in [4.69, 9.17) is 15.2 Å². The fraction of sp³-hybridized carbons (Fsp3) is 0.435. The Kier molecular flexibility index (Phi) is 9.01. The van der Waals surface area contributed by atoms with Crippen LogP contribution in [0.1, 0.15) is 27.5 Å². The summed E-state index contributed by atoms with van der Waals surface area (Å²) in [5.41, 5.74) is 8.65. The highest BCUT2D eigenvalue weighted by molar-refractivity contribution is 5.95. The van der Waals surface area contributed by atoms with E-state index in [0.29, 0.717) is 42.0 Å². The van der Waals surface area contributed by atoms with Gasteiger partial charge in [0.25, 0.3) is 5.91 Å². The Balaban J connectivity index is 0.00000171. The molecular formula is C23H31Cl2N3O3. The molecule has 0 radical (unpaired) electrons. The second-order valence-corrected chi connectivity index (χ2v) is 7.84. The first-order valence-electron chi connectivity index (χ1n) is 10.2. The first kappa shape index (κ1) is 25.3. The summed E-state index contributed by atoms with van der Waals surface area (Å²) in [5, 5.41) is 3.50. The van der Waals surface area contributed by atoms with Crippen molar-refractivity contribution in [3.05, 3.63) is 59.2 Å². The minimum Gasteiger partial charge on any atom is -0.493 e. The van der Waals surface area contributed by atoms with Crippen LogP contribution in [0.5, 0.6) is 11.5 Å². The smallest absolute Gasteiger partial charge is 0.254 e. The molecule has 2 aliphatic rings. The van der Waals surface area contributed by atoms with Crippen LogP contribution in [-0.4, -0.2) is 50.7 Å². The maximum Gasteiger partial charge on any atom is 0.254 e. The molecule has 2 heterocycles.